The minimum atomic E-state index is -4.17. The van der Waals surface area contributed by atoms with E-state index in [9.17, 15) is 8.42 Å². The molecule has 0 fully saturated rings. The van der Waals surface area contributed by atoms with E-state index in [-0.39, 0.29) is 4.90 Å². The standard InChI is InChI=1S/C8H10O5S/c1-6(9)13-7-2-4-8(5-3-7)14(10,11)12/h2-6,9H,1H3,(H,10,11,12). The maximum atomic E-state index is 10.6. The van der Waals surface area contributed by atoms with Crippen molar-refractivity contribution in [1.29, 1.82) is 0 Å². The molecule has 78 valence electrons. The Kier molecular flexibility index (Phi) is 3.10. The van der Waals surface area contributed by atoms with Gasteiger partial charge in [-0.2, -0.15) is 8.42 Å². The predicted octanol–water partition coefficient (Wildman–Crippen LogP) is 0.650. The van der Waals surface area contributed by atoms with Crippen LogP contribution in [0.2, 0.25) is 0 Å². The zero-order chi connectivity index (χ0) is 10.8. The largest absolute Gasteiger partial charge is 0.465 e. The average Bonchev–Trinajstić information content (AvgIpc) is 2.02. The maximum Gasteiger partial charge on any atom is 0.294 e. The molecule has 1 rings (SSSR count). The van der Waals surface area contributed by atoms with E-state index in [4.69, 9.17) is 14.4 Å². The lowest BCUT2D eigenvalue weighted by molar-refractivity contribution is -0.000323. The molecule has 1 atom stereocenters. The fourth-order valence-corrected chi connectivity index (χ4v) is 1.37. The van der Waals surface area contributed by atoms with Crippen LogP contribution in [0.25, 0.3) is 0 Å². The fraction of sp³-hybridized carbons (Fsp3) is 0.250. The Bertz CT molecular complexity index is 392. The number of hydrogen-bond acceptors (Lipinski definition) is 4. The summed E-state index contributed by atoms with van der Waals surface area (Å²) >= 11 is 0. The van der Waals surface area contributed by atoms with Crippen LogP contribution in [0.1, 0.15) is 6.92 Å². The van der Waals surface area contributed by atoms with Crippen molar-refractivity contribution in [2.75, 3.05) is 0 Å². The van der Waals surface area contributed by atoms with Gasteiger partial charge in [0.05, 0.1) is 4.90 Å². The van der Waals surface area contributed by atoms with E-state index < -0.39 is 16.4 Å². The molecule has 0 spiro atoms. The summed E-state index contributed by atoms with van der Waals surface area (Å²) in [5.41, 5.74) is 0. The first-order valence-electron chi connectivity index (χ1n) is 3.82. The summed E-state index contributed by atoms with van der Waals surface area (Å²) in [4.78, 5) is -0.213. The molecule has 0 heterocycles. The Morgan fingerprint density at radius 1 is 1.29 bits per heavy atom. The molecule has 0 aliphatic heterocycles. The van der Waals surface area contributed by atoms with Crippen LogP contribution in [-0.2, 0) is 10.1 Å². The van der Waals surface area contributed by atoms with Crippen molar-refractivity contribution in [3.63, 3.8) is 0 Å². The number of aliphatic hydroxyl groups is 1. The second-order valence-electron chi connectivity index (χ2n) is 2.66. The van der Waals surface area contributed by atoms with E-state index in [1.165, 1.54) is 31.2 Å². The van der Waals surface area contributed by atoms with E-state index in [2.05, 4.69) is 0 Å². The van der Waals surface area contributed by atoms with Gasteiger partial charge in [-0.25, -0.2) is 0 Å². The third-order valence-electron chi connectivity index (χ3n) is 1.43. The van der Waals surface area contributed by atoms with Gasteiger partial charge in [0.25, 0.3) is 10.1 Å². The third kappa shape index (κ3) is 2.99. The number of aliphatic hydroxyl groups excluding tert-OH is 1. The van der Waals surface area contributed by atoms with Crippen molar-refractivity contribution in [3.05, 3.63) is 24.3 Å². The average molecular weight is 218 g/mol. The van der Waals surface area contributed by atoms with Crippen LogP contribution >= 0.6 is 0 Å². The molecule has 1 aromatic rings. The highest BCUT2D eigenvalue weighted by Crippen LogP contribution is 2.16. The highest BCUT2D eigenvalue weighted by molar-refractivity contribution is 7.85. The molecule has 0 bridgehead atoms. The monoisotopic (exact) mass is 218 g/mol. The van der Waals surface area contributed by atoms with E-state index in [1.807, 2.05) is 0 Å². The molecular weight excluding hydrogens is 208 g/mol. The molecule has 0 aromatic heterocycles. The van der Waals surface area contributed by atoms with Crippen LogP contribution in [0, 0.1) is 0 Å². The van der Waals surface area contributed by atoms with E-state index in [0.717, 1.165) is 0 Å². The van der Waals surface area contributed by atoms with Gasteiger partial charge in [0, 0.05) is 0 Å². The van der Waals surface area contributed by atoms with Crippen LogP contribution in [0.5, 0.6) is 5.75 Å². The lowest BCUT2D eigenvalue weighted by Gasteiger charge is -2.08. The van der Waals surface area contributed by atoms with Crippen molar-refractivity contribution in [3.8, 4) is 5.75 Å². The SMILES string of the molecule is CC(O)Oc1ccc(S(=O)(=O)O)cc1. The van der Waals surface area contributed by atoms with E-state index in [1.54, 1.807) is 0 Å². The van der Waals surface area contributed by atoms with Gasteiger partial charge < -0.3 is 9.84 Å². The highest BCUT2D eigenvalue weighted by atomic mass is 32.2. The predicted molar refractivity (Wildman–Crippen MR) is 48.6 cm³/mol. The number of hydrogen-bond donors (Lipinski definition) is 2. The van der Waals surface area contributed by atoms with Crippen LogP contribution in [-0.4, -0.2) is 24.4 Å². The second kappa shape index (κ2) is 3.95. The van der Waals surface area contributed by atoms with Crippen molar-refractivity contribution < 1.29 is 22.8 Å². The maximum absolute atomic E-state index is 10.6. The molecule has 6 heteroatoms. The lowest BCUT2D eigenvalue weighted by Crippen LogP contribution is -2.09. The van der Waals surface area contributed by atoms with Gasteiger partial charge in [-0.1, -0.05) is 0 Å². The third-order valence-corrected chi connectivity index (χ3v) is 2.30. The fourth-order valence-electron chi connectivity index (χ4n) is 0.887. The van der Waals surface area contributed by atoms with Crippen molar-refractivity contribution in [2.45, 2.75) is 18.1 Å². The van der Waals surface area contributed by atoms with Gasteiger partial charge in [0.15, 0.2) is 6.29 Å². The van der Waals surface area contributed by atoms with Gasteiger partial charge in [-0.3, -0.25) is 4.55 Å². The second-order valence-corrected chi connectivity index (χ2v) is 4.09. The van der Waals surface area contributed by atoms with Crippen molar-refractivity contribution >= 4 is 10.1 Å². The Hall–Kier alpha value is -1.11. The first-order chi connectivity index (χ1) is 6.39. The van der Waals surface area contributed by atoms with Gasteiger partial charge in [0.2, 0.25) is 0 Å². The highest BCUT2D eigenvalue weighted by Gasteiger charge is 2.08. The summed E-state index contributed by atoms with van der Waals surface area (Å²) in [6, 6.07) is 5.06. The van der Waals surface area contributed by atoms with Crippen LogP contribution < -0.4 is 4.74 Å². The zero-order valence-electron chi connectivity index (χ0n) is 7.41. The summed E-state index contributed by atoms with van der Waals surface area (Å²) in [7, 11) is -4.17. The van der Waals surface area contributed by atoms with Gasteiger partial charge in [-0.15, -0.1) is 0 Å². The molecule has 14 heavy (non-hydrogen) atoms. The summed E-state index contributed by atoms with van der Waals surface area (Å²) in [6.45, 7) is 1.43. The van der Waals surface area contributed by atoms with Crippen LogP contribution in [0.15, 0.2) is 29.2 Å². The van der Waals surface area contributed by atoms with E-state index >= 15 is 0 Å². The minimum absolute atomic E-state index is 0.213. The summed E-state index contributed by atoms with van der Waals surface area (Å²) in [5.74, 6) is 0.326. The number of ether oxygens (including phenoxy) is 1. The molecular formula is C8H10O5S. The normalized spacial score (nSPS) is 13.6. The molecule has 0 saturated carbocycles. The van der Waals surface area contributed by atoms with Crippen LogP contribution in [0.4, 0.5) is 0 Å². The topological polar surface area (TPSA) is 83.8 Å². The van der Waals surface area contributed by atoms with Gasteiger partial charge in [-0.05, 0) is 31.2 Å². The quantitative estimate of drug-likeness (QED) is 0.575. The lowest BCUT2D eigenvalue weighted by atomic mass is 10.3. The molecule has 5 nitrogen and oxygen atoms in total. The molecule has 1 aromatic carbocycles. The molecule has 0 aliphatic carbocycles. The first kappa shape index (κ1) is 11.0. The molecule has 0 saturated heterocycles. The summed E-state index contributed by atoms with van der Waals surface area (Å²) < 4.78 is 34.8. The van der Waals surface area contributed by atoms with Crippen LogP contribution in [0.3, 0.4) is 0 Å². The number of benzene rings is 1. The summed E-state index contributed by atoms with van der Waals surface area (Å²) in [5, 5.41) is 8.85. The molecule has 0 radical (unpaired) electrons. The smallest absolute Gasteiger partial charge is 0.294 e. The Morgan fingerprint density at radius 2 is 1.79 bits per heavy atom. The minimum Gasteiger partial charge on any atom is -0.465 e. The first-order valence-corrected chi connectivity index (χ1v) is 5.26. The zero-order valence-corrected chi connectivity index (χ0v) is 8.23. The van der Waals surface area contributed by atoms with Crippen molar-refractivity contribution in [1.82, 2.24) is 0 Å². The Morgan fingerprint density at radius 3 is 2.14 bits per heavy atom. The Balaban J connectivity index is 2.90. The van der Waals surface area contributed by atoms with E-state index in [0.29, 0.717) is 5.75 Å². The number of rotatable bonds is 3. The molecule has 0 aliphatic rings. The molecule has 2 N–H and O–H groups in total. The van der Waals surface area contributed by atoms with Gasteiger partial charge in [0.1, 0.15) is 5.75 Å². The summed E-state index contributed by atoms with van der Waals surface area (Å²) in [6.07, 6.45) is -0.966. The molecule has 1 unspecified atom stereocenters. The van der Waals surface area contributed by atoms with Crippen molar-refractivity contribution in [2.24, 2.45) is 0 Å². The van der Waals surface area contributed by atoms with Gasteiger partial charge >= 0.3 is 0 Å². The molecule has 0 amide bonds. The Labute approximate surface area is 81.7 Å².